The molecule has 1 aliphatic heterocycles. The van der Waals surface area contributed by atoms with Crippen LogP contribution in [0.4, 0.5) is 11.5 Å². The number of rotatable bonds is 2. The van der Waals surface area contributed by atoms with Gasteiger partial charge in [-0.2, -0.15) is 0 Å². The maximum absolute atomic E-state index is 4.46. The predicted molar refractivity (Wildman–Crippen MR) is 83.6 cm³/mol. The van der Waals surface area contributed by atoms with E-state index in [1.54, 1.807) is 0 Å². The number of imidazole rings is 1. The lowest BCUT2D eigenvalue weighted by atomic mass is 9.99. The molecule has 3 heterocycles. The third kappa shape index (κ3) is 2.06. The van der Waals surface area contributed by atoms with Crippen molar-refractivity contribution in [2.24, 2.45) is 7.05 Å². The molecule has 1 aliphatic rings. The molecule has 0 radical (unpaired) electrons. The zero-order valence-corrected chi connectivity index (χ0v) is 11.9. The first-order valence-corrected chi connectivity index (χ1v) is 7.17. The van der Waals surface area contributed by atoms with Crippen LogP contribution >= 0.6 is 0 Å². The zero-order valence-electron chi connectivity index (χ0n) is 11.9. The number of aromatic nitrogens is 3. The van der Waals surface area contributed by atoms with E-state index in [-0.39, 0.29) is 0 Å². The molecule has 0 atom stereocenters. The van der Waals surface area contributed by atoms with Gasteiger partial charge in [0.2, 0.25) is 0 Å². The summed E-state index contributed by atoms with van der Waals surface area (Å²) < 4.78 is 2.01. The van der Waals surface area contributed by atoms with Crippen LogP contribution in [0.15, 0.2) is 36.8 Å². The molecular formula is C16H17N5. The van der Waals surface area contributed by atoms with E-state index >= 15 is 0 Å². The first-order valence-electron chi connectivity index (χ1n) is 7.17. The maximum atomic E-state index is 4.46. The topological polar surface area (TPSA) is 54.8 Å². The lowest BCUT2D eigenvalue weighted by Gasteiger charge is -2.20. The Balaban J connectivity index is 1.78. The summed E-state index contributed by atoms with van der Waals surface area (Å²) >= 11 is 0. The molecule has 0 bridgehead atoms. The molecule has 0 saturated carbocycles. The van der Waals surface area contributed by atoms with E-state index in [1.165, 1.54) is 11.1 Å². The van der Waals surface area contributed by atoms with Crippen molar-refractivity contribution < 1.29 is 0 Å². The summed E-state index contributed by atoms with van der Waals surface area (Å²) in [6.45, 7) is 1.96. The molecule has 0 unspecified atom stereocenters. The highest BCUT2D eigenvalue weighted by atomic mass is 15.1. The number of fused-ring (bicyclic) bond motifs is 2. The van der Waals surface area contributed by atoms with Crippen molar-refractivity contribution in [2.45, 2.75) is 13.0 Å². The van der Waals surface area contributed by atoms with Crippen LogP contribution in [0.25, 0.3) is 11.0 Å². The first-order chi connectivity index (χ1) is 10.3. The molecule has 0 saturated heterocycles. The average molecular weight is 279 g/mol. The van der Waals surface area contributed by atoms with Crippen LogP contribution in [0.5, 0.6) is 0 Å². The van der Waals surface area contributed by atoms with Gasteiger partial charge in [-0.25, -0.2) is 9.97 Å². The molecule has 1 aromatic carbocycles. The van der Waals surface area contributed by atoms with Gasteiger partial charge >= 0.3 is 0 Å². The number of aryl methyl sites for hydroxylation is 1. The summed E-state index contributed by atoms with van der Waals surface area (Å²) in [5.41, 5.74) is 5.87. The molecule has 21 heavy (non-hydrogen) atoms. The first kappa shape index (κ1) is 12.3. The minimum atomic E-state index is 0.819. The number of benzene rings is 1. The molecule has 106 valence electrons. The van der Waals surface area contributed by atoms with E-state index in [1.807, 2.05) is 30.2 Å². The smallest absolute Gasteiger partial charge is 0.158 e. The SMILES string of the molecule is Cn1cnc2c(Nc3cccc4c3CCNC4)nccc21. The van der Waals surface area contributed by atoms with Gasteiger partial charge in [-0.3, -0.25) is 0 Å². The second-order valence-corrected chi connectivity index (χ2v) is 5.38. The Labute approximate surface area is 123 Å². The van der Waals surface area contributed by atoms with Crippen LogP contribution in [0.1, 0.15) is 11.1 Å². The monoisotopic (exact) mass is 279 g/mol. The minimum Gasteiger partial charge on any atom is -0.338 e. The lowest BCUT2D eigenvalue weighted by Crippen LogP contribution is -2.24. The molecule has 5 nitrogen and oxygen atoms in total. The Bertz CT molecular complexity index is 806. The van der Waals surface area contributed by atoms with Crippen LogP contribution in [-0.2, 0) is 20.0 Å². The molecule has 3 aromatic rings. The van der Waals surface area contributed by atoms with Crippen LogP contribution in [-0.4, -0.2) is 21.1 Å². The van der Waals surface area contributed by atoms with Gasteiger partial charge < -0.3 is 15.2 Å². The number of anilines is 2. The molecule has 5 heteroatoms. The third-order valence-corrected chi connectivity index (χ3v) is 4.04. The highest BCUT2D eigenvalue weighted by molar-refractivity contribution is 5.88. The molecule has 0 spiro atoms. The maximum Gasteiger partial charge on any atom is 0.158 e. The van der Waals surface area contributed by atoms with Gasteiger partial charge in [0.1, 0.15) is 5.52 Å². The highest BCUT2D eigenvalue weighted by Gasteiger charge is 2.14. The molecule has 0 aliphatic carbocycles. The molecule has 2 N–H and O–H groups in total. The van der Waals surface area contributed by atoms with E-state index in [9.17, 15) is 0 Å². The molecule has 4 rings (SSSR count). The molecule has 0 fully saturated rings. The normalized spacial score (nSPS) is 14.1. The Hall–Kier alpha value is -2.40. The second-order valence-electron chi connectivity index (χ2n) is 5.38. The van der Waals surface area contributed by atoms with Crippen molar-refractivity contribution in [3.63, 3.8) is 0 Å². The lowest BCUT2D eigenvalue weighted by molar-refractivity contribution is 0.645. The van der Waals surface area contributed by atoms with Crippen molar-refractivity contribution in [3.05, 3.63) is 47.9 Å². The Kier molecular flexibility index (Phi) is 2.86. The van der Waals surface area contributed by atoms with Gasteiger partial charge in [-0.05, 0) is 36.2 Å². The standard InChI is InChI=1S/C16H17N5/c1-21-10-19-15-14(21)6-8-18-16(15)20-13-4-2-3-11-9-17-7-5-12(11)13/h2-4,6,8,10,17H,5,7,9H2,1H3,(H,18,20). The van der Waals surface area contributed by atoms with Gasteiger partial charge in [0.05, 0.1) is 11.8 Å². The van der Waals surface area contributed by atoms with Gasteiger partial charge in [-0.15, -0.1) is 0 Å². The number of nitrogens with one attached hydrogen (secondary N) is 2. The highest BCUT2D eigenvalue weighted by Crippen LogP contribution is 2.28. The summed E-state index contributed by atoms with van der Waals surface area (Å²) in [4.78, 5) is 8.91. The fourth-order valence-corrected chi connectivity index (χ4v) is 2.93. The van der Waals surface area contributed by atoms with Crippen molar-refractivity contribution in [1.82, 2.24) is 19.9 Å². The van der Waals surface area contributed by atoms with E-state index < -0.39 is 0 Å². The van der Waals surface area contributed by atoms with Gasteiger partial charge in [-0.1, -0.05) is 12.1 Å². The van der Waals surface area contributed by atoms with Gasteiger partial charge in [0.25, 0.3) is 0 Å². The summed E-state index contributed by atoms with van der Waals surface area (Å²) in [6.07, 6.45) is 4.68. The summed E-state index contributed by atoms with van der Waals surface area (Å²) in [5, 5.41) is 6.88. The molecule has 2 aromatic heterocycles. The molecular weight excluding hydrogens is 262 g/mol. The van der Waals surface area contributed by atoms with Crippen LogP contribution < -0.4 is 10.6 Å². The minimum absolute atomic E-state index is 0.819. The Morgan fingerprint density at radius 1 is 1.24 bits per heavy atom. The van der Waals surface area contributed by atoms with Crippen LogP contribution in [0, 0.1) is 0 Å². The van der Waals surface area contributed by atoms with Crippen LogP contribution in [0.3, 0.4) is 0 Å². The van der Waals surface area contributed by atoms with Crippen molar-refractivity contribution >= 4 is 22.5 Å². The number of pyridine rings is 1. The predicted octanol–water partition coefficient (Wildman–Crippen LogP) is 2.36. The largest absolute Gasteiger partial charge is 0.338 e. The Morgan fingerprint density at radius 3 is 3.14 bits per heavy atom. The average Bonchev–Trinajstić information content (AvgIpc) is 2.90. The quantitative estimate of drug-likeness (QED) is 0.756. The fraction of sp³-hybridized carbons (Fsp3) is 0.250. The van der Waals surface area contributed by atoms with Gasteiger partial charge in [0.15, 0.2) is 5.82 Å². The van der Waals surface area contributed by atoms with E-state index in [2.05, 4.69) is 38.8 Å². The fourth-order valence-electron chi connectivity index (χ4n) is 2.93. The summed E-state index contributed by atoms with van der Waals surface area (Å²) in [6, 6.07) is 8.37. The van der Waals surface area contributed by atoms with Crippen molar-refractivity contribution in [1.29, 1.82) is 0 Å². The Morgan fingerprint density at radius 2 is 2.19 bits per heavy atom. The van der Waals surface area contributed by atoms with E-state index in [4.69, 9.17) is 0 Å². The number of hydrogen-bond acceptors (Lipinski definition) is 4. The number of nitrogens with zero attached hydrogens (tertiary/aromatic N) is 3. The van der Waals surface area contributed by atoms with Crippen LogP contribution in [0.2, 0.25) is 0 Å². The molecule has 0 amide bonds. The second kappa shape index (κ2) is 4.86. The number of hydrogen-bond donors (Lipinski definition) is 2. The van der Waals surface area contributed by atoms with Gasteiger partial charge in [0, 0.05) is 25.5 Å². The zero-order chi connectivity index (χ0) is 14.2. The van der Waals surface area contributed by atoms with Crippen molar-refractivity contribution in [3.8, 4) is 0 Å². The summed E-state index contributed by atoms with van der Waals surface area (Å²) in [5.74, 6) is 0.819. The van der Waals surface area contributed by atoms with Crippen molar-refractivity contribution in [2.75, 3.05) is 11.9 Å². The summed E-state index contributed by atoms with van der Waals surface area (Å²) in [7, 11) is 2.00. The van der Waals surface area contributed by atoms with E-state index in [0.717, 1.165) is 42.0 Å². The van der Waals surface area contributed by atoms with E-state index in [0.29, 0.717) is 0 Å². The third-order valence-electron chi connectivity index (χ3n) is 4.04.